The lowest BCUT2D eigenvalue weighted by Gasteiger charge is -2.29. The number of carbonyl (C=O) groups is 1. The monoisotopic (exact) mass is 291 g/mol. The van der Waals surface area contributed by atoms with Gasteiger partial charge in [0.2, 0.25) is 0 Å². The Kier molecular flexibility index (Phi) is 8.08. The molecule has 0 aromatic rings. The number of carbonyl (C=O) groups excluding carboxylic acids is 1. The lowest BCUT2D eigenvalue weighted by atomic mass is 10.1. The molecule has 0 aliphatic heterocycles. The van der Waals surface area contributed by atoms with E-state index in [1.807, 2.05) is 34.6 Å². The van der Waals surface area contributed by atoms with Crippen LogP contribution in [0.25, 0.3) is 0 Å². The van der Waals surface area contributed by atoms with Crippen LogP contribution in [0, 0.1) is 0 Å². The Morgan fingerprint density at radius 3 is 2.30 bits per heavy atom. The molecule has 0 aromatic carbocycles. The average Bonchev–Trinajstić information content (AvgIpc) is 2.29. The van der Waals surface area contributed by atoms with Crippen molar-refractivity contribution in [1.82, 2.24) is 4.90 Å². The van der Waals surface area contributed by atoms with Crippen LogP contribution in [0.1, 0.15) is 41.0 Å². The zero-order valence-corrected chi connectivity index (χ0v) is 13.6. The number of hydrogen-bond donors (Lipinski definition) is 1. The maximum absolute atomic E-state index is 11.8. The highest BCUT2D eigenvalue weighted by Gasteiger charge is 2.23. The summed E-state index contributed by atoms with van der Waals surface area (Å²) in [6.07, 6.45) is 0.315. The second-order valence-corrected chi connectivity index (χ2v) is 6.31. The van der Waals surface area contributed by atoms with E-state index < -0.39 is 11.2 Å². The predicted molar refractivity (Wildman–Crippen MR) is 76.5 cm³/mol. The predicted octanol–water partition coefficient (Wildman–Crippen LogP) is 2.00. The molecule has 20 heavy (non-hydrogen) atoms. The molecule has 6 nitrogen and oxygen atoms in total. The van der Waals surface area contributed by atoms with E-state index in [4.69, 9.17) is 19.3 Å². The molecule has 6 heteroatoms. The molecule has 0 aromatic heterocycles. The zero-order chi connectivity index (χ0) is 15.8. The first-order valence-corrected chi connectivity index (χ1v) is 6.84. The second kappa shape index (κ2) is 8.44. The van der Waals surface area contributed by atoms with E-state index in [-0.39, 0.29) is 26.1 Å². The van der Waals surface area contributed by atoms with Gasteiger partial charge in [-0.15, -0.1) is 0 Å². The molecular formula is C14H29NO5. The topological polar surface area (TPSA) is 68.2 Å². The van der Waals surface area contributed by atoms with Gasteiger partial charge < -0.3 is 24.2 Å². The highest BCUT2D eigenvalue weighted by Crippen LogP contribution is 2.16. The largest absolute Gasteiger partial charge is 0.444 e. The molecular weight excluding hydrogens is 262 g/mol. The molecule has 0 aliphatic rings. The summed E-state index contributed by atoms with van der Waals surface area (Å²) in [5, 5.41) is 8.59. The smallest absolute Gasteiger partial charge is 0.410 e. The number of nitrogens with zero attached hydrogens (tertiary/aromatic N) is 1. The molecule has 1 amide bonds. The summed E-state index contributed by atoms with van der Waals surface area (Å²) in [7, 11) is 1.70. The molecule has 0 atom stereocenters. The number of aliphatic hydroxyl groups is 1. The van der Waals surface area contributed by atoms with Crippen molar-refractivity contribution in [2.45, 2.75) is 52.2 Å². The molecule has 0 bridgehead atoms. The Morgan fingerprint density at radius 1 is 1.20 bits per heavy atom. The van der Waals surface area contributed by atoms with Crippen LogP contribution < -0.4 is 0 Å². The molecule has 0 saturated carbocycles. The third-order valence-corrected chi connectivity index (χ3v) is 2.52. The van der Waals surface area contributed by atoms with E-state index in [0.29, 0.717) is 13.0 Å². The molecule has 0 heterocycles. The molecule has 0 aliphatic carbocycles. The van der Waals surface area contributed by atoms with Crippen LogP contribution in [0.15, 0.2) is 0 Å². The number of rotatable bonds is 8. The number of aliphatic hydroxyl groups excluding tert-OH is 1. The SMILES string of the molecule is CN(CCC(C)(C)OCOCCO)C(=O)OC(C)(C)C. The molecule has 120 valence electrons. The van der Waals surface area contributed by atoms with Crippen molar-refractivity contribution in [2.75, 3.05) is 33.6 Å². The quantitative estimate of drug-likeness (QED) is 0.547. The molecule has 0 fully saturated rings. The molecule has 0 saturated heterocycles. The Labute approximate surface area is 122 Å². The maximum Gasteiger partial charge on any atom is 0.410 e. The molecule has 1 N–H and O–H groups in total. The Balaban J connectivity index is 4.02. The van der Waals surface area contributed by atoms with Crippen LogP contribution in [0.5, 0.6) is 0 Å². The Morgan fingerprint density at radius 2 is 1.80 bits per heavy atom. The van der Waals surface area contributed by atoms with Crippen molar-refractivity contribution in [3.63, 3.8) is 0 Å². The van der Waals surface area contributed by atoms with Crippen molar-refractivity contribution in [3.05, 3.63) is 0 Å². The van der Waals surface area contributed by atoms with E-state index in [1.54, 1.807) is 7.05 Å². The summed E-state index contributed by atoms with van der Waals surface area (Å²) >= 11 is 0. The summed E-state index contributed by atoms with van der Waals surface area (Å²) in [5.74, 6) is 0. The van der Waals surface area contributed by atoms with Gasteiger partial charge in [-0.2, -0.15) is 0 Å². The van der Waals surface area contributed by atoms with Gasteiger partial charge in [0.25, 0.3) is 0 Å². The van der Waals surface area contributed by atoms with Crippen molar-refractivity contribution in [3.8, 4) is 0 Å². The third-order valence-electron chi connectivity index (χ3n) is 2.52. The lowest BCUT2D eigenvalue weighted by molar-refractivity contribution is -0.135. The standard InChI is InChI=1S/C14H29NO5/c1-13(2,3)20-12(17)15(6)8-7-14(4,5)19-11-18-10-9-16/h16H,7-11H2,1-6H3. The first-order chi connectivity index (χ1) is 9.07. The molecule has 0 unspecified atom stereocenters. The fourth-order valence-electron chi connectivity index (χ4n) is 1.26. The zero-order valence-electron chi connectivity index (χ0n) is 13.6. The van der Waals surface area contributed by atoms with Gasteiger partial charge in [-0.25, -0.2) is 4.79 Å². The minimum absolute atomic E-state index is 0.0226. The number of hydrogen-bond acceptors (Lipinski definition) is 5. The fourth-order valence-corrected chi connectivity index (χ4v) is 1.26. The van der Waals surface area contributed by atoms with E-state index in [0.717, 1.165) is 0 Å². The Bertz CT molecular complexity index is 286. The number of amides is 1. The van der Waals surface area contributed by atoms with Crippen LogP contribution >= 0.6 is 0 Å². The van der Waals surface area contributed by atoms with Gasteiger partial charge >= 0.3 is 6.09 Å². The summed E-state index contributed by atoms with van der Waals surface area (Å²) in [6.45, 7) is 10.3. The highest BCUT2D eigenvalue weighted by atomic mass is 16.7. The van der Waals surface area contributed by atoms with Crippen LogP contribution in [-0.4, -0.2) is 60.9 Å². The minimum atomic E-state index is -0.491. The third kappa shape index (κ3) is 10.00. The van der Waals surface area contributed by atoms with Crippen LogP contribution in [-0.2, 0) is 14.2 Å². The van der Waals surface area contributed by atoms with Gasteiger partial charge in [0.1, 0.15) is 12.4 Å². The van der Waals surface area contributed by atoms with Crippen LogP contribution in [0.2, 0.25) is 0 Å². The second-order valence-electron chi connectivity index (χ2n) is 6.31. The normalized spacial score (nSPS) is 12.3. The molecule has 0 spiro atoms. The first-order valence-electron chi connectivity index (χ1n) is 6.84. The van der Waals surface area contributed by atoms with Crippen LogP contribution in [0.3, 0.4) is 0 Å². The summed E-state index contributed by atoms with van der Waals surface area (Å²) in [6, 6.07) is 0. The van der Waals surface area contributed by atoms with Gasteiger partial charge in [-0.05, 0) is 41.0 Å². The van der Waals surface area contributed by atoms with E-state index in [9.17, 15) is 4.79 Å². The van der Waals surface area contributed by atoms with Crippen molar-refractivity contribution in [2.24, 2.45) is 0 Å². The summed E-state index contributed by atoms with van der Waals surface area (Å²) < 4.78 is 15.9. The van der Waals surface area contributed by atoms with E-state index in [2.05, 4.69) is 0 Å². The molecule has 0 radical (unpaired) electrons. The van der Waals surface area contributed by atoms with E-state index >= 15 is 0 Å². The summed E-state index contributed by atoms with van der Waals surface area (Å²) in [5.41, 5.74) is -0.902. The van der Waals surface area contributed by atoms with Gasteiger partial charge in [0.05, 0.1) is 18.8 Å². The van der Waals surface area contributed by atoms with Crippen LogP contribution in [0.4, 0.5) is 4.79 Å². The Hall–Kier alpha value is -0.850. The maximum atomic E-state index is 11.8. The first kappa shape index (κ1) is 19.1. The summed E-state index contributed by atoms with van der Waals surface area (Å²) in [4.78, 5) is 13.3. The number of ether oxygens (including phenoxy) is 3. The molecule has 0 rings (SSSR count). The van der Waals surface area contributed by atoms with Gasteiger partial charge in [0.15, 0.2) is 0 Å². The average molecular weight is 291 g/mol. The van der Waals surface area contributed by atoms with Gasteiger partial charge in [-0.1, -0.05) is 0 Å². The van der Waals surface area contributed by atoms with E-state index in [1.165, 1.54) is 4.90 Å². The van der Waals surface area contributed by atoms with Gasteiger partial charge in [0, 0.05) is 13.6 Å². The van der Waals surface area contributed by atoms with Crippen molar-refractivity contribution < 1.29 is 24.1 Å². The highest BCUT2D eigenvalue weighted by molar-refractivity contribution is 5.67. The van der Waals surface area contributed by atoms with Crippen molar-refractivity contribution in [1.29, 1.82) is 0 Å². The lowest BCUT2D eigenvalue weighted by Crippen LogP contribution is -2.38. The fraction of sp³-hybridized carbons (Fsp3) is 0.929. The minimum Gasteiger partial charge on any atom is -0.444 e. The van der Waals surface area contributed by atoms with Gasteiger partial charge in [-0.3, -0.25) is 0 Å². The van der Waals surface area contributed by atoms with Crippen molar-refractivity contribution >= 4 is 6.09 Å².